The van der Waals surface area contributed by atoms with Crippen molar-refractivity contribution < 1.29 is 18.7 Å². The highest BCUT2D eigenvalue weighted by atomic mass is 35.5. The molecule has 0 saturated heterocycles. The van der Waals surface area contributed by atoms with Crippen molar-refractivity contribution >= 4 is 23.4 Å². The summed E-state index contributed by atoms with van der Waals surface area (Å²) in [5.41, 5.74) is 2.64. The predicted molar refractivity (Wildman–Crippen MR) is 121 cm³/mol. The van der Waals surface area contributed by atoms with Crippen LogP contribution < -0.4 is 15.4 Å². The fourth-order valence-electron chi connectivity index (χ4n) is 2.76. The predicted octanol–water partition coefficient (Wildman–Crippen LogP) is 4.37. The lowest BCUT2D eigenvalue weighted by Gasteiger charge is -2.11. The maximum Gasteiger partial charge on any atom is 0.269 e. The van der Waals surface area contributed by atoms with Gasteiger partial charge in [-0.05, 0) is 23.8 Å². The molecule has 1 aromatic heterocycles. The van der Waals surface area contributed by atoms with Crippen molar-refractivity contribution in [1.82, 2.24) is 15.6 Å². The van der Waals surface area contributed by atoms with Crippen LogP contribution in [0.5, 0.6) is 5.75 Å². The van der Waals surface area contributed by atoms with E-state index in [0.29, 0.717) is 17.8 Å². The van der Waals surface area contributed by atoms with E-state index >= 15 is 0 Å². The molecule has 0 aliphatic carbocycles. The summed E-state index contributed by atoms with van der Waals surface area (Å²) in [6, 6.07) is 17.1. The first kappa shape index (κ1) is 23.0. The van der Waals surface area contributed by atoms with Gasteiger partial charge in [0.15, 0.2) is 6.61 Å². The third-order valence-corrected chi connectivity index (χ3v) is 4.70. The minimum absolute atomic E-state index is 0.0282. The molecule has 164 valence electrons. The molecule has 0 fully saturated rings. The molecule has 3 aromatic rings. The van der Waals surface area contributed by atoms with E-state index in [4.69, 9.17) is 16.3 Å². The number of benzene rings is 2. The number of aromatic nitrogens is 1. The van der Waals surface area contributed by atoms with Crippen LogP contribution in [0.1, 0.15) is 16.9 Å². The summed E-state index contributed by atoms with van der Waals surface area (Å²) in [5, 5.41) is 5.27. The van der Waals surface area contributed by atoms with Gasteiger partial charge < -0.3 is 15.4 Å². The van der Waals surface area contributed by atoms with Crippen LogP contribution in [0.2, 0.25) is 5.02 Å². The van der Waals surface area contributed by atoms with E-state index in [1.54, 1.807) is 12.3 Å². The molecule has 0 radical (unpaired) electrons. The van der Waals surface area contributed by atoms with E-state index in [2.05, 4.69) is 22.2 Å². The summed E-state index contributed by atoms with van der Waals surface area (Å²) in [5.74, 6) is -1.22. The molecule has 0 atom stereocenters. The van der Waals surface area contributed by atoms with Crippen LogP contribution in [0.25, 0.3) is 11.1 Å². The summed E-state index contributed by atoms with van der Waals surface area (Å²) in [7, 11) is 0. The lowest BCUT2D eigenvalue weighted by molar-refractivity contribution is -0.122. The molecule has 0 aliphatic heterocycles. The van der Waals surface area contributed by atoms with E-state index < -0.39 is 11.7 Å². The van der Waals surface area contributed by atoms with Crippen LogP contribution in [-0.2, 0) is 4.79 Å². The Morgan fingerprint density at radius 1 is 1.06 bits per heavy atom. The standard InChI is InChI=1S/C24H21ClFN3O3/c1-16(29-23(30)15-32-19-8-9-20(25)21(26)13-19)11-12-27-24(31)22-10-7-18(14-28-22)17-5-3-2-4-6-17/h2-10,13-14H,1,11-12,15H2,(H,27,31)(H,29,30). The quantitative estimate of drug-likeness (QED) is 0.504. The maximum absolute atomic E-state index is 13.4. The molecule has 1 heterocycles. The minimum Gasteiger partial charge on any atom is -0.484 e. The van der Waals surface area contributed by atoms with Gasteiger partial charge in [0.2, 0.25) is 0 Å². The van der Waals surface area contributed by atoms with Gasteiger partial charge in [-0.1, -0.05) is 54.6 Å². The topological polar surface area (TPSA) is 80.3 Å². The Balaban J connectivity index is 1.38. The normalized spacial score (nSPS) is 10.3. The number of hydrogen-bond donors (Lipinski definition) is 2. The Morgan fingerprint density at radius 3 is 2.53 bits per heavy atom. The molecular weight excluding hydrogens is 433 g/mol. The first-order valence-corrected chi connectivity index (χ1v) is 10.2. The van der Waals surface area contributed by atoms with Crippen molar-refractivity contribution in [3.05, 3.63) is 95.7 Å². The van der Waals surface area contributed by atoms with Crippen LogP contribution in [0.3, 0.4) is 0 Å². The third-order valence-electron chi connectivity index (χ3n) is 4.39. The van der Waals surface area contributed by atoms with E-state index in [1.165, 1.54) is 12.1 Å². The number of halogens is 2. The van der Waals surface area contributed by atoms with E-state index in [9.17, 15) is 14.0 Å². The number of hydrogen-bond acceptors (Lipinski definition) is 4. The van der Waals surface area contributed by atoms with Crippen LogP contribution in [0.4, 0.5) is 4.39 Å². The molecule has 8 heteroatoms. The molecule has 0 bridgehead atoms. The van der Waals surface area contributed by atoms with Crippen LogP contribution in [0, 0.1) is 5.82 Å². The molecule has 0 aliphatic rings. The summed E-state index contributed by atoms with van der Waals surface area (Å²) < 4.78 is 18.6. The van der Waals surface area contributed by atoms with Gasteiger partial charge in [-0.25, -0.2) is 4.39 Å². The van der Waals surface area contributed by atoms with E-state index in [1.807, 2.05) is 36.4 Å². The molecule has 3 rings (SSSR count). The third kappa shape index (κ3) is 6.65. The highest BCUT2D eigenvalue weighted by molar-refractivity contribution is 6.30. The SMILES string of the molecule is C=C(CCNC(=O)c1ccc(-c2ccccc2)cn1)NC(=O)COc1ccc(Cl)c(F)c1. The van der Waals surface area contributed by atoms with Crippen molar-refractivity contribution in [2.75, 3.05) is 13.2 Å². The lowest BCUT2D eigenvalue weighted by atomic mass is 10.1. The second kappa shape index (κ2) is 11.1. The Hall–Kier alpha value is -3.71. The summed E-state index contributed by atoms with van der Waals surface area (Å²) in [4.78, 5) is 28.4. The Morgan fingerprint density at radius 2 is 1.84 bits per heavy atom. The number of nitrogens with one attached hydrogen (secondary N) is 2. The van der Waals surface area contributed by atoms with Gasteiger partial charge in [0, 0.05) is 36.5 Å². The molecule has 0 spiro atoms. The number of nitrogens with zero attached hydrogens (tertiary/aromatic N) is 1. The fourth-order valence-corrected chi connectivity index (χ4v) is 2.88. The zero-order valence-corrected chi connectivity index (χ0v) is 17.9. The lowest BCUT2D eigenvalue weighted by Crippen LogP contribution is -2.31. The molecule has 2 aromatic carbocycles. The van der Waals surface area contributed by atoms with Crippen LogP contribution >= 0.6 is 11.6 Å². The van der Waals surface area contributed by atoms with Gasteiger partial charge in [-0.3, -0.25) is 14.6 Å². The summed E-state index contributed by atoms with van der Waals surface area (Å²) >= 11 is 5.60. The van der Waals surface area contributed by atoms with Crippen molar-refractivity contribution in [3.8, 4) is 16.9 Å². The largest absolute Gasteiger partial charge is 0.484 e. The highest BCUT2D eigenvalue weighted by Gasteiger charge is 2.09. The van der Waals surface area contributed by atoms with E-state index in [0.717, 1.165) is 17.2 Å². The first-order chi connectivity index (χ1) is 15.4. The van der Waals surface area contributed by atoms with Gasteiger partial charge in [0.05, 0.1) is 5.02 Å². The first-order valence-electron chi connectivity index (χ1n) is 9.77. The molecule has 0 unspecified atom stereocenters. The van der Waals surface area contributed by atoms with Gasteiger partial charge in [0.1, 0.15) is 17.3 Å². The zero-order valence-electron chi connectivity index (χ0n) is 17.1. The fraction of sp³-hybridized carbons (Fsp3) is 0.125. The van der Waals surface area contributed by atoms with Crippen LogP contribution in [0.15, 0.2) is 79.1 Å². The molecule has 6 nitrogen and oxygen atoms in total. The van der Waals surface area contributed by atoms with Crippen molar-refractivity contribution in [3.63, 3.8) is 0 Å². The van der Waals surface area contributed by atoms with Gasteiger partial charge in [-0.15, -0.1) is 0 Å². The molecule has 32 heavy (non-hydrogen) atoms. The Labute approximate surface area is 190 Å². The van der Waals surface area contributed by atoms with Crippen molar-refractivity contribution in [1.29, 1.82) is 0 Å². The molecule has 0 saturated carbocycles. The number of rotatable bonds is 9. The molecule has 2 N–H and O–H groups in total. The minimum atomic E-state index is -0.631. The Kier molecular flexibility index (Phi) is 7.94. The number of carbonyl (C=O) groups is 2. The number of ether oxygens (including phenoxy) is 1. The highest BCUT2D eigenvalue weighted by Crippen LogP contribution is 2.20. The summed E-state index contributed by atoms with van der Waals surface area (Å²) in [6.45, 7) is 3.71. The molecular formula is C24H21ClFN3O3. The number of pyridine rings is 1. The average Bonchev–Trinajstić information content (AvgIpc) is 2.80. The summed E-state index contributed by atoms with van der Waals surface area (Å²) in [6.07, 6.45) is 1.98. The number of amides is 2. The second-order valence-electron chi connectivity index (χ2n) is 6.82. The number of carbonyl (C=O) groups excluding carboxylic acids is 2. The molecule has 2 amide bonds. The van der Waals surface area contributed by atoms with Crippen molar-refractivity contribution in [2.45, 2.75) is 6.42 Å². The second-order valence-corrected chi connectivity index (χ2v) is 7.23. The van der Waals surface area contributed by atoms with Gasteiger partial charge >= 0.3 is 0 Å². The Bertz CT molecular complexity index is 1110. The monoisotopic (exact) mass is 453 g/mol. The maximum atomic E-state index is 13.4. The van der Waals surface area contributed by atoms with Crippen molar-refractivity contribution in [2.24, 2.45) is 0 Å². The smallest absolute Gasteiger partial charge is 0.269 e. The van der Waals surface area contributed by atoms with E-state index in [-0.39, 0.29) is 29.8 Å². The van der Waals surface area contributed by atoms with Crippen LogP contribution in [-0.4, -0.2) is 29.9 Å². The van der Waals surface area contributed by atoms with Gasteiger partial charge in [0.25, 0.3) is 11.8 Å². The van der Waals surface area contributed by atoms with Gasteiger partial charge in [-0.2, -0.15) is 0 Å². The zero-order chi connectivity index (χ0) is 22.9. The average molecular weight is 454 g/mol.